The Bertz CT molecular complexity index is 725. The monoisotopic (exact) mass is 264 g/mol. The summed E-state index contributed by atoms with van der Waals surface area (Å²) in [4.78, 5) is 9.23. The second-order valence-corrected chi connectivity index (χ2v) is 4.88. The Kier molecular flexibility index (Phi) is 3.06. The Labute approximate surface area is 118 Å². The fraction of sp³-hybridized carbons (Fsp3) is 0.188. The van der Waals surface area contributed by atoms with Gasteiger partial charge in [0.25, 0.3) is 0 Å². The van der Waals surface area contributed by atoms with Crippen LogP contribution in [-0.4, -0.2) is 19.7 Å². The summed E-state index contributed by atoms with van der Waals surface area (Å²) in [5, 5.41) is 4.28. The first kappa shape index (κ1) is 12.5. The molecule has 0 aliphatic heterocycles. The summed E-state index contributed by atoms with van der Waals surface area (Å²) in [6, 6.07) is 12.0. The van der Waals surface area contributed by atoms with Crippen LogP contribution in [0, 0.1) is 13.8 Å². The lowest BCUT2D eigenvalue weighted by molar-refractivity contribution is 0.772. The highest BCUT2D eigenvalue weighted by Crippen LogP contribution is 2.24. The lowest BCUT2D eigenvalue weighted by atomic mass is 10.1. The maximum absolute atomic E-state index is 4.70. The van der Waals surface area contributed by atoms with Gasteiger partial charge in [-0.25, -0.2) is 9.97 Å². The fourth-order valence-corrected chi connectivity index (χ4v) is 2.32. The molecule has 0 saturated carbocycles. The smallest absolute Gasteiger partial charge is 0.160 e. The minimum Gasteiger partial charge on any atom is -0.266 e. The molecule has 3 aromatic rings. The Balaban J connectivity index is 2.17. The molecule has 3 rings (SSSR count). The van der Waals surface area contributed by atoms with Crippen molar-refractivity contribution in [2.45, 2.75) is 13.8 Å². The molecular weight excluding hydrogens is 248 g/mol. The van der Waals surface area contributed by atoms with E-state index in [1.165, 1.54) is 0 Å². The Morgan fingerprint density at radius 3 is 2.40 bits per heavy atom. The van der Waals surface area contributed by atoms with Crippen LogP contribution in [0.3, 0.4) is 0 Å². The predicted octanol–water partition coefficient (Wildman–Crippen LogP) is 3.16. The molecule has 100 valence electrons. The van der Waals surface area contributed by atoms with Crippen LogP contribution in [-0.2, 0) is 7.05 Å². The number of rotatable bonds is 2. The molecule has 0 aliphatic rings. The van der Waals surface area contributed by atoms with Crippen molar-refractivity contribution in [3.8, 4) is 22.8 Å². The van der Waals surface area contributed by atoms with E-state index in [-0.39, 0.29) is 0 Å². The number of aromatic nitrogens is 4. The maximum atomic E-state index is 4.70. The van der Waals surface area contributed by atoms with Gasteiger partial charge in [-0.15, -0.1) is 0 Å². The summed E-state index contributed by atoms with van der Waals surface area (Å²) in [5.74, 6) is 0.751. The molecule has 2 aromatic heterocycles. The van der Waals surface area contributed by atoms with Crippen molar-refractivity contribution >= 4 is 0 Å². The summed E-state index contributed by atoms with van der Waals surface area (Å²) in [7, 11) is 1.93. The van der Waals surface area contributed by atoms with Crippen LogP contribution >= 0.6 is 0 Å². The minimum atomic E-state index is 0.751. The van der Waals surface area contributed by atoms with Gasteiger partial charge in [-0.05, 0) is 25.5 Å². The zero-order valence-electron chi connectivity index (χ0n) is 11.8. The van der Waals surface area contributed by atoms with E-state index in [0.29, 0.717) is 0 Å². The summed E-state index contributed by atoms with van der Waals surface area (Å²) in [6.07, 6.45) is 1.86. The molecule has 0 N–H and O–H groups in total. The number of hydrogen-bond acceptors (Lipinski definition) is 3. The first-order chi connectivity index (χ1) is 9.65. The van der Waals surface area contributed by atoms with Crippen LogP contribution in [0.15, 0.2) is 42.6 Å². The Morgan fingerprint density at radius 2 is 1.75 bits per heavy atom. The van der Waals surface area contributed by atoms with Gasteiger partial charge in [0.05, 0.1) is 17.6 Å². The van der Waals surface area contributed by atoms with Gasteiger partial charge in [-0.1, -0.05) is 30.3 Å². The van der Waals surface area contributed by atoms with Crippen LogP contribution in [0.4, 0.5) is 0 Å². The molecule has 0 unspecified atom stereocenters. The lowest BCUT2D eigenvalue weighted by Gasteiger charge is -2.07. The number of benzene rings is 1. The van der Waals surface area contributed by atoms with Gasteiger partial charge in [0.15, 0.2) is 5.82 Å². The highest BCUT2D eigenvalue weighted by Gasteiger charge is 2.12. The maximum Gasteiger partial charge on any atom is 0.160 e. The topological polar surface area (TPSA) is 43.6 Å². The van der Waals surface area contributed by atoms with Crippen molar-refractivity contribution in [3.63, 3.8) is 0 Å². The summed E-state index contributed by atoms with van der Waals surface area (Å²) >= 11 is 0. The molecule has 2 heterocycles. The average Bonchev–Trinajstić information content (AvgIpc) is 2.78. The third-order valence-electron chi connectivity index (χ3n) is 3.25. The molecule has 1 aromatic carbocycles. The van der Waals surface area contributed by atoms with Gasteiger partial charge in [-0.3, -0.25) is 4.68 Å². The van der Waals surface area contributed by atoms with E-state index >= 15 is 0 Å². The first-order valence-corrected chi connectivity index (χ1v) is 6.55. The van der Waals surface area contributed by atoms with E-state index in [2.05, 4.69) is 10.1 Å². The van der Waals surface area contributed by atoms with Crippen LogP contribution in [0.2, 0.25) is 0 Å². The second kappa shape index (κ2) is 4.89. The Morgan fingerprint density at radius 1 is 1.00 bits per heavy atom. The molecule has 0 atom stereocenters. The third-order valence-corrected chi connectivity index (χ3v) is 3.25. The van der Waals surface area contributed by atoms with Crippen molar-refractivity contribution in [2.75, 3.05) is 0 Å². The lowest BCUT2D eigenvalue weighted by Crippen LogP contribution is -2.00. The van der Waals surface area contributed by atoms with Gasteiger partial charge in [0.1, 0.15) is 0 Å². The van der Waals surface area contributed by atoms with Crippen molar-refractivity contribution < 1.29 is 0 Å². The second-order valence-electron chi connectivity index (χ2n) is 4.88. The van der Waals surface area contributed by atoms with Gasteiger partial charge in [-0.2, -0.15) is 5.10 Å². The van der Waals surface area contributed by atoms with E-state index in [4.69, 9.17) is 4.98 Å². The van der Waals surface area contributed by atoms with E-state index < -0.39 is 0 Å². The molecule has 0 aliphatic carbocycles. The summed E-state index contributed by atoms with van der Waals surface area (Å²) < 4.78 is 1.85. The molecule has 0 spiro atoms. The molecule has 0 radical (unpaired) electrons. The van der Waals surface area contributed by atoms with Crippen molar-refractivity contribution in [1.29, 1.82) is 0 Å². The first-order valence-electron chi connectivity index (χ1n) is 6.55. The van der Waals surface area contributed by atoms with E-state index in [1.54, 1.807) is 0 Å². The highest BCUT2D eigenvalue weighted by atomic mass is 15.3. The van der Waals surface area contributed by atoms with Gasteiger partial charge in [0.2, 0.25) is 0 Å². The zero-order chi connectivity index (χ0) is 14.1. The van der Waals surface area contributed by atoms with Crippen LogP contribution in [0.25, 0.3) is 22.8 Å². The summed E-state index contributed by atoms with van der Waals surface area (Å²) in [5.41, 5.74) is 5.04. The average molecular weight is 264 g/mol. The standard InChI is InChI=1S/C16H16N4/c1-11-10-17-20(3)15(11)14-9-12(2)18-16(19-14)13-7-5-4-6-8-13/h4-10H,1-3H3. The SMILES string of the molecule is Cc1cc(-c2c(C)cnn2C)nc(-c2ccccc2)n1. The molecule has 4 nitrogen and oxygen atoms in total. The number of nitrogens with zero attached hydrogens (tertiary/aromatic N) is 4. The number of hydrogen-bond donors (Lipinski definition) is 0. The third kappa shape index (κ3) is 2.20. The minimum absolute atomic E-state index is 0.751. The normalized spacial score (nSPS) is 10.8. The summed E-state index contributed by atoms with van der Waals surface area (Å²) in [6.45, 7) is 4.03. The number of aryl methyl sites for hydroxylation is 3. The molecule has 0 fully saturated rings. The molecule has 20 heavy (non-hydrogen) atoms. The van der Waals surface area contributed by atoms with E-state index in [1.807, 2.05) is 68.2 Å². The van der Waals surface area contributed by atoms with Gasteiger partial charge < -0.3 is 0 Å². The highest BCUT2D eigenvalue weighted by molar-refractivity contribution is 5.63. The molecule has 0 bridgehead atoms. The zero-order valence-corrected chi connectivity index (χ0v) is 11.8. The van der Waals surface area contributed by atoms with Crippen molar-refractivity contribution in [1.82, 2.24) is 19.7 Å². The van der Waals surface area contributed by atoms with Crippen LogP contribution in [0.5, 0.6) is 0 Å². The van der Waals surface area contributed by atoms with Gasteiger partial charge in [0, 0.05) is 18.3 Å². The van der Waals surface area contributed by atoms with Gasteiger partial charge >= 0.3 is 0 Å². The largest absolute Gasteiger partial charge is 0.266 e. The molecule has 0 amide bonds. The van der Waals surface area contributed by atoms with E-state index in [9.17, 15) is 0 Å². The van der Waals surface area contributed by atoms with Crippen molar-refractivity contribution in [2.24, 2.45) is 7.05 Å². The van der Waals surface area contributed by atoms with Crippen LogP contribution < -0.4 is 0 Å². The molecule has 4 heteroatoms. The van der Waals surface area contributed by atoms with Crippen LogP contribution in [0.1, 0.15) is 11.3 Å². The Hall–Kier alpha value is -2.49. The molecular formula is C16H16N4. The quantitative estimate of drug-likeness (QED) is 0.714. The van der Waals surface area contributed by atoms with E-state index in [0.717, 1.165) is 34.0 Å². The predicted molar refractivity (Wildman–Crippen MR) is 79.1 cm³/mol. The van der Waals surface area contributed by atoms with Crippen molar-refractivity contribution in [3.05, 3.63) is 53.9 Å². The molecule has 0 saturated heterocycles. The fourth-order valence-electron chi connectivity index (χ4n) is 2.32.